The van der Waals surface area contributed by atoms with Crippen LogP contribution in [-0.4, -0.2) is 24.1 Å². The van der Waals surface area contributed by atoms with Gasteiger partial charge in [-0.2, -0.15) is 0 Å². The van der Waals surface area contributed by atoms with Crippen LogP contribution in [0.5, 0.6) is 0 Å². The highest BCUT2D eigenvalue weighted by molar-refractivity contribution is 9.10. The first kappa shape index (κ1) is 21.7. The summed E-state index contributed by atoms with van der Waals surface area (Å²) in [5.41, 5.74) is 0.475. The standard InChI is InChI=1S/C20H29BrO4/c1-7-17(12(3)4)24-19(22)15-10-9-14(21)11-16(15)20(23)25-18(8-2)13(5)6/h9-13,17-18H,7-8H2,1-6H3. The molecule has 0 aromatic heterocycles. The van der Waals surface area contributed by atoms with Crippen LogP contribution in [0.25, 0.3) is 0 Å². The van der Waals surface area contributed by atoms with Gasteiger partial charge in [-0.1, -0.05) is 57.5 Å². The monoisotopic (exact) mass is 412 g/mol. The highest BCUT2D eigenvalue weighted by atomic mass is 79.9. The van der Waals surface area contributed by atoms with Gasteiger partial charge in [-0.25, -0.2) is 9.59 Å². The maximum Gasteiger partial charge on any atom is 0.339 e. The van der Waals surface area contributed by atoms with E-state index < -0.39 is 11.9 Å². The van der Waals surface area contributed by atoms with Gasteiger partial charge < -0.3 is 9.47 Å². The number of ether oxygens (including phenoxy) is 2. The number of benzene rings is 1. The molecule has 0 spiro atoms. The number of hydrogen-bond donors (Lipinski definition) is 0. The van der Waals surface area contributed by atoms with Crippen LogP contribution in [0.3, 0.4) is 0 Å². The summed E-state index contributed by atoms with van der Waals surface area (Å²) in [6.07, 6.45) is 1.08. The first-order valence-corrected chi connectivity index (χ1v) is 9.71. The summed E-state index contributed by atoms with van der Waals surface area (Å²) < 4.78 is 11.9. The third kappa shape index (κ3) is 6.14. The SMILES string of the molecule is CCC(OC(=O)c1ccc(Br)cc1C(=O)OC(CC)C(C)C)C(C)C. The Hall–Kier alpha value is -1.36. The lowest BCUT2D eigenvalue weighted by Gasteiger charge is -2.22. The first-order chi connectivity index (χ1) is 11.7. The van der Waals surface area contributed by atoms with Crippen molar-refractivity contribution in [2.45, 2.75) is 66.6 Å². The van der Waals surface area contributed by atoms with E-state index in [1.54, 1.807) is 18.2 Å². The minimum atomic E-state index is -0.494. The first-order valence-electron chi connectivity index (χ1n) is 8.92. The number of carbonyl (C=O) groups is 2. The summed E-state index contributed by atoms with van der Waals surface area (Å²) in [6, 6.07) is 4.94. The molecular weight excluding hydrogens is 384 g/mol. The molecular formula is C20H29BrO4. The fourth-order valence-electron chi connectivity index (χ4n) is 2.65. The summed E-state index contributed by atoms with van der Waals surface area (Å²) >= 11 is 3.35. The smallest absolute Gasteiger partial charge is 0.339 e. The van der Waals surface area contributed by atoms with Crippen LogP contribution in [0.1, 0.15) is 75.1 Å². The molecule has 25 heavy (non-hydrogen) atoms. The van der Waals surface area contributed by atoms with Crippen molar-refractivity contribution in [2.24, 2.45) is 11.8 Å². The zero-order chi connectivity index (χ0) is 19.1. The Labute approximate surface area is 159 Å². The second-order valence-electron chi connectivity index (χ2n) is 6.88. The Morgan fingerprint density at radius 1 is 0.880 bits per heavy atom. The van der Waals surface area contributed by atoms with Gasteiger partial charge in [0.1, 0.15) is 12.2 Å². The van der Waals surface area contributed by atoms with Gasteiger partial charge in [0.05, 0.1) is 11.1 Å². The van der Waals surface area contributed by atoms with Crippen LogP contribution >= 0.6 is 15.9 Å². The molecule has 0 heterocycles. The Kier molecular flexibility index (Phi) is 8.63. The van der Waals surface area contributed by atoms with Crippen molar-refractivity contribution in [1.29, 1.82) is 0 Å². The van der Waals surface area contributed by atoms with Crippen LogP contribution in [-0.2, 0) is 9.47 Å². The molecule has 0 N–H and O–H groups in total. The van der Waals surface area contributed by atoms with Crippen molar-refractivity contribution in [3.8, 4) is 0 Å². The molecule has 0 aliphatic carbocycles. The zero-order valence-electron chi connectivity index (χ0n) is 16.0. The lowest BCUT2D eigenvalue weighted by molar-refractivity contribution is 0.0127. The van der Waals surface area contributed by atoms with Gasteiger partial charge in [-0.05, 0) is 42.9 Å². The summed E-state index contributed by atoms with van der Waals surface area (Å²) in [6.45, 7) is 12.0. The molecule has 0 aliphatic heterocycles. The highest BCUT2D eigenvalue weighted by Gasteiger charge is 2.25. The molecule has 2 atom stereocenters. The van der Waals surface area contributed by atoms with E-state index in [4.69, 9.17) is 9.47 Å². The van der Waals surface area contributed by atoms with Crippen LogP contribution in [0, 0.1) is 11.8 Å². The number of carbonyl (C=O) groups excluding carboxylic acids is 2. The van der Waals surface area contributed by atoms with Gasteiger partial charge in [-0.3, -0.25) is 0 Å². The van der Waals surface area contributed by atoms with Gasteiger partial charge in [0.2, 0.25) is 0 Å². The quantitative estimate of drug-likeness (QED) is 0.518. The Balaban J connectivity index is 3.10. The molecule has 4 nitrogen and oxygen atoms in total. The van der Waals surface area contributed by atoms with E-state index in [9.17, 15) is 9.59 Å². The molecule has 0 fully saturated rings. The summed E-state index contributed by atoms with van der Waals surface area (Å²) in [5.74, 6) is -0.559. The number of halogens is 1. The van der Waals surface area contributed by atoms with Crippen molar-refractivity contribution in [3.05, 3.63) is 33.8 Å². The molecule has 2 unspecified atom stereocenters. The Morgan fingerprint density at radius 2 is 1.32 bits per heavy atom. The molecule has 0 saturated carbocycles. The third-order valence-corrected chi connectivity index (χ3v) is 4.72. The minimum absolute atomic E-state index is 0.181. The molecule has 1 rings (SSSR count). The van der Waals surface area contributed by atoms with Crippen molar-refractivity contribution >= 4 is 27.9 Å². The minimum Gasteiger partial charge on any atom is -0.459 e. The number of esters is 2. The van der Waals surface area contributed by atoms with Crippen LogP contribution in [0.4, 0.5) is 0 Å². The fraction of sp³-hybridized carbons (Fsp3) is 0.600. The van der Waals surface area contributed by atoms with E-state index in [2.05, 4.69) is 15.9 Å². The molecule has 1 aromatic carbocycles. The van der Waals surface area contributed by atoms with E-state index in [1.807, 2.05) is 41.5 Å². The topological polar surface area (TPSA) is 52.6 Å². The molecule has 5 heteroatoms. The molecule has 0 aliphatic rings. The molecule has 1 aromatic rings. The predicted octanol–water partition coefficient (Wildman–Crippen LogP) is 5.63. The molecule has 0 saturated heterocycles. The fourth-order valence-corrected chi connectivity index (χ4v) is 3.01. The van der Waals surface area contributed by atoms with E-state index >= 15 is 0 Å². The average Bonchev–Trinajstić information content (AvgIpc) is 2.56. The van der Waals surface area contributed by atoms with E-state index in [1.165, 1.54) is 0 Å². The Bertz CT molecular complexity index is 595. The largest absolute Gasteiger partial charge is 0.459 e. The van der Waals surface area contributed by atoms with Gasteiger partial charge in [0.25, 0.3) is 0 Å². The van der Waals surface area contributed by atoms with Gasteiger partial charge in [0.15, 0.2) is 0 Å². The normalized spacial score (nSPS) is 13.6. The van der Waals surface area contributed by atoms with Gasteiger partial charge >= 0.3 is 11.9 Å². The maximum absolute atomic E-state index is 12.6. The molecule has 0 bridgehead atoms. The summed E-state index contributed by atoms with van der Waals surface area (Å²) in [4.78, 5) is 25.2. The maximum atomic E-state index is 12.6. The van der Waals surface area contributed by atoms with Crippen molar-refractivity contribution in [2.75, 3.05) is 0 Å². The Morgan fingerprint density at radius 3 is 1.72 bits per heavy atom. The second kappa shape index (κ2) is 9.95. The van der Waals surface area contributed by atoms with Crippen molar-refractivity contribution in [1.82, 2.24) is 0 Å². The molecule has 140 valence electrons. The van der Waals surface area contributed by atoms with Crippen LogP contribution in [0.2, 0.25) is 0 Å². The third-order valence-electron chi connectivity index (χ3n) is 4.23. The second-order valence-corrected chi connectivity index (χ2v) is 7.80. The van der Waals surface area contributed by atoms with Crippen molar-refractivity contribution < 1.29 is 19.1 Å². The lowest BCUT2D eigenvalue weighted by Crippen LogP contribution is -2.26. The van der Waals surface area contributed by atoms with E-state index in [-0.39, 0.29) is 35.2 Å². The van der Waals surface area contributed by atoms with Gasteiger partial charge in [-0.15, -0.1) is 0 Å². The average molecular weight is 413 g/mol. The summed E-state index contributed by atoms with van der Waals surface area (Å²) in [5, 5.41) is 0. The van der Waals surface area contributed by atoms with Crippen LogP contribution < -0.4 is 0 Å². The predicted molar refractivity (Wildman–Crippen MR) is 103 cm³/mol. The van der Waals surface area contributed by atoms with Crippen LogP contribution in [0.15, 0.2) is 22.7 Å². The van der Waals surface area contributed by atoms with Crippen molar-refractivity contribution in [3.63, 3.8) is 0 Å². The lowest BCUT2D eigenvalue weighted by atomic mass is 10.0. The number of rotatable bonds is 8. The zero-order valence-corrected chi connectivity index (χ0v) is 17.6. The van der Waals surface area contributed by atoms with Gasteiger partial charge in [0, 0.05) is 4.47 Å². The summed E-state index contributed by atoms with van der Waals surface area (Å²) in [7, 11) is 0. The molecule has 0 amide bonds. The van der Waals surface area contributed by atoms with E-state index in [0.717, 1.165) is 12.8 Å². The molecule has 0 radical (unpaired) electrons. The number of hydrogen-bond acceptors (Lipinski definition) is 4. The van der Waals surface area contributed by atoms with E-state index in [0.29, 0.717) is 4.47 Å². The highest BCUT2D eigenvalue weighted by Crippen LogP contribution is 2.22.